The molecule has 13 nitrogen and oxygen atoms in total. The number of rotatable bonds is 10. The molecule has 0 radical (unpaired) electrons. The first-order chi connectivity index (χ1) is 20.0. The van der Waals surface area contributed by atoms with Gasteiger partial charge in [0, 0.05) is 0 Å². The van der Waals surface area contributed by atoms with Crippen molar-refractivity contribution in [3.63, 3.8) is 0 Å². The summed E-state index contributed by atoms with van der Waals surface area (Å²) in [5.74, 6) is -0.315. The molecule has 0 bridgehead atoms. The number of aromatic nitrogens is 4. The van der Waals surface area contributed by atoms with Crippen LogP contribution in [0, 0.1) is 13.8 Å². The van der Waals surface area contributed by atoms with Gasteiger partial charge in [0.25, 0.3) is 0 Å². The third-order valence-corrected chi connectivity index (χ3v) is 9.41. The van der Waals surface area contributed by atoms with E-state index in [0.717, 1.165) is 37.7 Å². The third-order valence-electron chi connectivity index (χ3n) is 7.65. The lowest BCUT2D eigenvalue weighted by Gasteiger charge is -2.29. The number of aryl methyl sites for hydroxylation is 2. The van der Waals surface area contributed by atoms with Crippen molar-refractivity contribution in [3.8, 4) is 5.75 Å². The van der Waals surface area contributed by atoms with E-state index in [1.165, 1.54) is 24.1 Å². The summed E-state index contributed by atoms with van der Waals surface area (Å²) in [6.45, 7) is 6.75. The van der Waals surface area contributed by atoms with Gasteiger partial charge in [-0.25, -0.2) is 19.5 Å². The number of aliphatic hydroxyl groups excluding tert-OH is 2. The topological polar surface area (TPSA) is 167 Å². The fourth-order valence-corrected chi connectivity index (χ4v) is 6.99. The SMILES string of the molecule is Cc1ccc(OP(=O)(NC(C)C(=O)OC2CCCCC2)OC(C)C2OC(n3cnc4c(C)ncnc43)[C@H](O)[C@@H]2O)cc1. The molecule has 1 aliphatic heterocycles. The zero-order chi connectivity index (χ0) is 30.0. The summed E-state index contributed by atoms with van der Waals surface area (Å²) in [5.41, 5.74) is 2.58. The molecule has 42 heavy (non-hydrogen) atoms. The summed E-state index contributed by atoms with van der Waals surface area (Å²) in [5, 5.41) is 24.6. The van der Waals surface area contributed by atoms with Crippen LogP contribution < -0.4 is 9.61 Å². The molecule has 3 aromatic rings. The Hall–Kier alpha value is -2.93. The van der Waals surface area contributed by atoms with E-state index < -0.39 is 50.4 Å². The fraction of sp³-hybridized carbons (Fsp3) is 0.571. The molecule has 2 fully saturated rings. The van der Waals surface area contributed by atoms with Gasteiger partial charge < -0.3 is 24.2 Å². The second-order valence-electron chi connectivity index (χ2n) is 11.0. The van der Waals surface area contributed by atoms with Crippen LogP contribution in [0.15, 0.2) is 36.9 Å². The number of fused-ring (bicyclic) bond motifs is 1. The molecule has 1 aliphatic carbocycles. The summed E-state index contributed by atoms with van der Waals surface area (Å²) in [7, 11) is -4.26. The van der Waals surface area contributed by atoms with Gasteiger partial charge in [-0.2, -0.15) is 5.09 Å². The van der Waals surface area contributed by atoms with E-state index in [4.69, 9.17) is 18.5 Å². The number of carbonyl (C=O) groups is 1. The third kappa shape index (κ3) is 6.66. The van der Waals surface area contributed by atoms with Gasteiger partial charge in [0.1, 0.15) is 48.1 Å². The molecule has 1 aromatic carbocycles. The summed E-state index contributed by atoms with van der Waals surface area (Å²) >= 11 is 0. The Labute approximate surface area is 244 Å². The molecule has 0 amide bonds. The van der Waals surface area contributed by atoms with Gasteiger partial charge in [0.15, 0.2) is 11.9 Å². The average Bonchev–Trinajstić information content (AvgIpc) is 3.52. The van der Waals surface area contributed by atoms with E-state index in [-0.39, 0.29) is 11.9 Å². The highest BCUT2D eigenvalue weighted by Gasteiger charge is 2.49. The molecule has 3 heterocycles. The van der Waals surface area contributed by atoms with Crippen LogP contribution in [-0.4, -0.2) is 72.3 Å². The van der Waals surface area contributed by atoms with Crippen molar-refractivity contribution in [3.05, 3.63) is 48.2 Å². The second-order valence-corrected chi connectivity index (χ2v) is 12.7. The van der Waals surface area contributed by atoms with Gasteiger partial charge in [-0.3, -0.25) is 13.9 Å². The Bertz CT molecular complexity index is 1430. The predicted octanol–water partition coefficient (Wildman–Crippen LogP) is 3.51. The van der Waals surface area contributed by atoms with Crippen molar-refractivity contribution >= 4 is 24.9 Å². The number of esters is 1. The van der Waals surface area contributed by atoms with Crippen LogP contribution >= 0.6 is 7.75 Å². The number of hydrogen-bond acceptors (Lipinski definition) is 11. The fourth-order valence-electron chi connectivity index (χ4n) is 5.29. The Morgan fingerprint density at radius 1 is 1.07 bits per heavy atom. The van der Waals surface area contributed by atoms with Crippen molar-refractivity contribution in [1.82, 2.24) is 24.6 Å². The Morgan fingerprint density at radius 2 is 1.79 bits per heavy atom. The second kappa shape index (κ2) is 12.7. The molecule has 5 rings (SSSR count). The van der Waals surface area contributed by atoms with Crippen molar-refractivity contribution in [2.24, 2.45) is 0 Å². The number of imidazole rings is 1. The lowest BCUT2D eigenvalue weighted by Crippen LogP contribution is -2.41. The van der Waals surface area contributed by atoms with Crippen LogP contribution in [0.4, 0.5) is 0 Å². The van der Waals surface area contributed by atoms with Crippen LogP contribution in [-0.2, 0) is 23.4 Å². The van der Waals surface area contributed by atoms with Crippen molar-refractivity contribution < 1.29 is 38.1 Å². The van der Waals surface area contributed by atoms with Crippen molar-refractivity contribution in [1.29, 1.82) is 0 Å². The average molecular weight is 604 g/mol. The molecule has 1 saturated carbocycles. The quantitative estimate of drug-likeness (QED) is 0.228. The largest absolute Gasteiger partial charge is 0.461 e. The van der Waals surface area contributed by atoms with E-state index in [2.05, 4.69) is 20.0 Å². The molecule has 0 spiro atoms. The minimum atomic E-state index is -4.26. The Morgan fingerprint density at radius 3 is 2.50 bits per heavy atom. The van der Waals surface area contributed by atoms with Crippen LogP contribution in [0.3, 0.4) is 0 Å². The summed E-state index contributed by atoms with van der Waals surface area (Å²) in [4.78, 5) is 25.6. The maximum absolute atomic E-state index is 14.2. The van der Waals surface area contributed by atoms with E-state index >= 15 is 0 Å². The van der Waals surface area contributed by atoms with Gasteiger partial charge in [-0.15, -0.1) is 0 Å². The number of nitrogens with one attached hydrogen (secondary N) is 1. The minimum absolute atomic E-state index is 0.179. The van der Waals surface area contributed by atoms with Gasteiger partial charge in [0.05, 0.1) is 18.1 Å². The standard InChI is InChI=1S/C28H38N5O8P/c1-16-10-12-21(13-11-16)41-42(37,32-18(3)28(36)38-20-8-6-5-7-9-20)40-19(4)25-23(34)24(35)27(39-25)33-15-31-22-17(2)29-14-30-26(22)33/h10-15,18-20,23-25,27,34-35H,5-9H2,1-4H3,(H,32,37)/t18?,19?,23-,24+,25?,27?,42?/m0/s1. The Kier molecular flexibility index (Phi) is 9.26. The maximum atomic E-state index is 14.2. The number of hydrogen-bond donors (Lipinski definition) is 3. The van der Waals surface area contributed by atoms with E-state index in [1.807, 2.05) is 6.92 Å². The summed E-state index contributed by atoms with van der Waals surface area (Å²) in [6, 6.07) is 5.82. The first kappa shape index (κ1) is 30.5. The van der Waals surface area contributed by atoms with Crippen LogP contribution in [0.5, 0.6) is 5.75 Å². The predicted molar refractivity (Wildman–Crippen MR) is 152 cm³/mol. The van der Waals surface area contributed by atoms with Gasteiger partial charge >= 0.3 is 13.7 Å². The van der Waals surface area contributed by atoms with E-state index in [9.17, 15) is 19.6 Å². The number of ether oxygens (including phenoxy) is 2. The van der Waals surface area contributed by atoms with Gasteiger partial charge in [0.2, 0.25) is 0 Å². The van der Waals surface area contributed by atoms with E-state index in [0.29, 0.717) is 16.9 Å². The first-order valence-electron chi connectivity index (χ1n) is 14.2. The molecule has 7 atom stereocenters. The molecule has 3 N–H and O–H groups in total. The molecule has 2 aromatic heterocycles. The summed E-state index contributed by atoms with van der Waals surface area (Å²) < 4.78 is 39.1. The first-order valence-corrected chi connectivity index (χ1v) is 15.8. The molecular weight excluding hydrogens is 565 g/mol. The highest BCUT2D eigenvalue weighted by Crippen LogP contribution is 2.48. The van der Waals surface area contributed by atoms with E-state index in [1.54, 1.807) is 38.1 Å². The van der Waals surface area contributed by atoms with Gasteiger partial charge in [-0.1, -0.05) is 24.1 Å². The molecule has 14 heteroatoms. The Balaban J connectivity index is 1.33. The van der Waals surface area contributed by atoms with Crippen LogP contribution in [0.25, 0.3) is 11.2 Å². The van der Waals surface area contributed by atoms with Crippen LogP contribution in [0.2, 0.25) is 0 Å². The lowest BCUT2D eigenvalue weighted by atomic mass is 9.98. The summed E-state index contributed by atoms with van der Waals surface area (Å²) in [6.07, 6.45) is 1.33. The van der Waals surface area contributed by atoms with Gasteiger partial charge in [-0.05, 0) is 65.5 Å². The highest BCUT2D eigenvalue weighted by atomic mass is 31.2. The monoisotopic (exact) mass is 603 g/mol. The highest BCUT2D eigenvalue weighted by molar-refractivity contribution is 7.52. The minimum Gasteiger partial charge on any atom is -0.461 e. The lowest BCUT2D eigenvalue weighted by molar-refractivity contribution is -0.152. The molecular formula is C28H38N5O8P. The van der Waals surface area contributed by atoms with Crippen molar-refractivity contribution in [2.45, 2.75) is 103 Å². The zero-order valence-corrected chi connectivity index (χ0v) is 25.0. The zero-order valence-electron chi connectivity index (χ0n) is 24.1. The van der Waals surface area contributed by atoms with Crippen molar-refractivity contribution in [2.75, 3.05) is 0 Å². The normalized spacial score (nSPS) is 26.0. The van der Waals surface area contributed by atoms with Crippen LogP contribution in [0.1, 0.15) is 63.4 Å². The number of nitrogens with zero attached hydrogens (tertiary/aromatic N) is 4. The molecule has 1 saturated heterocycles. The maximum Gasteiger partial charge on any atom is 0.459 e. The molecule has 228 valence electrons. The molecule has 2 aliphatic rings. The number of benzene rings is 1. The number of aliphatic hydroxyl groups is 2. The smallest absolute Gasteiger partial charge is 0.459 e. The molecule has 5 unspecified atom stereocenters. The number of carbonyl (C=O) groups excluding carboxylic acids is 1.